The second kappa shape index (κ2) is 17.7. The smallest absolute Gasteiger partial charge is 0.328 e. The largest absolute Gasteiger partial charge is 0.478 e. The quantitative estimate of drug-likeness (QED) is 0.215. The van der Waals surface area contributed by atoms with Gasteiger partial charge in [-0.1, -0.05) is 102 Å². The third-order valence-electron chi connectivity index (χ3n) is 3.68. The molecule has 2 heteroatoms. The van der Waals surface area contributed by atoms with Gasteiger partial charge >= 0.3 is 5.97 Å². The molecule has 0 atom stereocenters. The zero-order valence-corrected chi connectivity index (χ0v) is 14.3. The van der Waals surface area contributed by atoms with Gasteiger partial charge in [-0.15, -0.1) is 0 Å². The molecule has 0 rings (SSSR count). The molecular formula is C20H34O2. The molecule has 0 bridgehead atoms. The fourth-order valence-electron chi connectivity index (χ4n) is 2.37. The summed E-state index contributed by atoms with van der Waals surface area (Å²) in [4.78, 5) is 10.2. The van der Waals surface area contributed by atoms with Crippen molar-refractivity contribution in [2.24, 2.45) is 0 Å². The lowest BCUT2D eigenvalue weighted by molar-refractivity contribution is -0.131. The normalized spacial score (nSPS) is 12.0. The minimum atomic E-state index is -0.908. The summed E-state index contributed by atoms with van der Waals surface area (Å²) in [6.45, 7) is 2.27. The first-order chi connectivity index (χ1) is 10.8. The average Bonchev–Trinajstić information content (AvgIpc) is 2.50. The summed E-state index contributed by atoms with van der Waals surface area (Å²) < 4.78 is 0. The third-order valence-corrected chi connectivity index (χ3v) is 3.68. The maximum Gasteiger partial charge on any atom is 0.328 e. The number of carboxylic acids is 1. The first-order valence-corrected chi connectivity index (χ1v) is 9.00. The van der Waals surface area contributed by atoms with E-state index >= 15 is 0 Å². The molecule has 0 saturated carbocycles. The zero-order valence-electron chi connectivity index (χ0n) is 14.3. The molecule has 0 saturated heterocycles. The number of aliphatic carboxylic acids is 1. The highest BCUT2D eigenvalue weighted by Gasteiger charge is 1.92. The summed E-state index contributed by atoms with van der Waals surface area (Å²) in [5, 5.41) is 8.40. The lowest BCUT2D eigenvalue weighted by Crippen LogP contribution is -1.84. The van der Waals surface area contributed by atoms with E-state index in [9.17, 15) is 4.79 Å². The molecule has 0 unspecified atom stereocenters. The maximum absolute atomic E-state index is 10.2. The molecule has 0 radical (unpaired) electrons. The van der Waals surface area contributed by atoms with Gasteiger partial charge in [0.15, 0.2) is 0 Å². The molecule has 0 spiro atoms. The number of carboxylic acid groups (broad SMARTS) is 1. The molecule has 0 aliphatic heterocycles. The Bertz CT molecular complexity index is 327. The lowest BCUT2D eigenvalue weighted by atomic mass is 10.1. The summed E-state index contributed by atoms with van der Waals surface area (Å²) in [5.41, 5.74) is 0. The van der Waals surface area contributed by atoms with Gasteiger partial charge in [0.25, 0.3) is 0 Å². The van der Waals surface area contributed by atoms with Gasteiger partial charge in [0.05, 0.1) is 0 Å². The lowest BCUT2D eigenvalue weighted by Gasteiger charge is -2.01. The molecule has 0 fully saturated rings. The summed E-state index contributed by atoms with van der Waals surface area (Å²) in [6.07, 6.45) is 26.7. The standard InChI is InChI=1S/C20H34O2/c1-2-3-4-5-6-7-8-9-10-11-12-13-14-15-16-17-18-19-20(21)22/h14-19H,2-13H2,1H3,(H,21,22)/b15-14?,17-16-,19-18?. The monoisotopic (exact) mass is 306 g/mol. The van der Waals surface area contributed by atoms with E-state index in [0.717, 1.165) is 12.5 Å². The van der Waals surface area contributed by atoms with Crippen molar-refractivity contribution in [1.82, 2.24) is 0 Å². The highest BCUT2D eigenvalue weighted by molar-refractivity contribution is 5.80. The van der Waals surface area contributed by atoms with Crippen LogP contribution in [-0.2, 0) is 4.79 Å². The van der Waals surface area contributed by atoms with Crippen molar-refractivity contribution in [3.05, 3.63) is 36.5 Å². The zero-order chi connectivity index (χ0) is 16.3. The molecule has 0 aliphatic carbocycles. The molecule has 2 nitrogen and oxygen atoms in total. The van der Waals surface area contributed by atoms with Crippen LogP contribution in [0.25, 0.3) is 0 Å². The Labute approximate surface area is 137 Å². The van der Waals surface area contributed by atoms with Crippen LogP contribution in [0.2, 0.25) is 0 Å². The van der Waals surface area contributed by atoms with Gasteiger partial charge in [0.2, 0.25) is 0 Å². The summed E-state index contributed by atoms with van der Waals surface area (Å²) >= 11 is 0. The summed E-state index contributed by atoms with van der Waals surface area (Å²) in [7, 11) is 0. The predicted molar refractivity (Wildman–Crippen MR) is 96.1 cm³/mol. The molecule has 0 amide bonds. The third kappa shape index (κ3) is 18.7. The van der Waals surface area contributed by atoms with E-state index in [2.05, 4.69) is 13.0 Å². The molecule has 0 aliphatic rings. The first kappa shape index (κ1) is 20.7. The van der Waals surface area contributed by atoms with Crippen molar-refractivity contribution < 1.29 is 9.90 Å². The number of hydrogen-bond acceptors (Lipinski definition) is 1. The minimum absolute atomic E-state index is 0.908. The Morgan fingerprint density at radius 1 is 0.727 bits per heavy atom. The van der Waals surface area contributed by atoms with Crippen molar-refractivity contribution in [2.45, 2.75) is 84.0 Å². The Morgan fingerprint density at radius 3 is 1.77 bits per heavy atom. The Hall–Kier alpha value is -1.31. The first-order valence-electron chi connectivity index (χ1n) is 9.00. The van der Waals surface area contributed by atoms with Crippen molar-refractivity contribution in [3.8, 4) is 0 Å². The highest BCUT2D eigenvalue weighted by Crippen LogP contribution is 2.11. The van der Waals surface area contributed by atoms with Gasteiger partial charge in [-0.3, -0.25) is 0 Å². The van der Waals surface area contributed by atoms with Crippen molar-refractivity contribution >= 4 is 5.97 Å². The molecule has 0 aromatic carbocycles. The number of rotatable bonds is 15. The topological polar surface area (TPSA) is 37.3 Å². The SMILES string of the molecule is CCCCCCCCCCCCCC=C/C=C\C=CC(=O)O. The fourth-order valence-corrected chi connectivity index (χ4v) is 2.37. The van der Waals surface area contributed by atoms with Crippen molar-refractivity contribution in [2.75, 3.05) is 0 Å². The molecule has 0 aromatic rings. The van der Waals surface area contributed by atoms with Crippen LogP contribution in [0.3, 0.4) is 0 Å². The highest BCUT2D eigenvalue weighted by atomic mass is 16.4. The van der Waals surface area contributed by atoms with Gasteiger partial charge in [0.1, 0.15) is 0 Å². The minimum Gasteiger partial charge on any atom is -0.478 e. The van der Waals surface area contributed by atoms with Crippen LogP contribution in [0.4, 0.5) is 0 Å². The van der Waals surface area contributed by atoms with Crippen molar-refractivity contribution in [3.63, 3.8) is 0 Å². The second-order valence-corrected chi connectivity index (χ2v) is 5.83. The van der Waals surface area contributed by atoms with Crippen molar-refractivity contribution in [1.29, 1.82) is 0 Å². The fraction of sp³-hybridized carbons (Fsp3) is 0.650. The molecule has 126 valence electrons. The van der Waals surface area contributed by atoms with Crippen LogP contribution in [0.5, 0.6) is 0 Å². The van der Waals surface area contributed by atoms with E-state index < -0.39 is 5.97 Å². The molecule has 0 heterocycles. The van der Waals surface area contributed by atoms with Gasteiger partial charge in [0, 0.05) is 6.08 Å². The van der Waals surface area contributed by atoms with Crippen LogP contribution in [0.1, 0.15) is 84.0 Å². The van der Waals surface area contributed by atoms with Crippen LogP contribution < -0.4 is 0 Å². The van der Waals surface area contributed by atoms with Crippen LogP contribution in [-0.4, -0.2) is 11.1 Å². The van der Waals surface area contributed by atoms with E-state index in [4.69, 9.17) is 5.11 Å². The average molecular weight is 306 g/mol. The molecule has 22 heavy (non-hydrogen) atoms. The molecular weight excluding hydrogens is 272 g/mol. The summed E-state index contributed by atoms with van der Waals surface area (Å²) in [6, 6.07) is 0. The van der Waals surface area contributed by atoms with E-state index in [-0.39, 0.29) is 0 Å². The summed E-state index contributed by atoms with van der Waals surface area (Å²) in [5.74, 6) is -0.908. The van der Waals surface area contributed by atoms with Crippen LogP contribution >= 0.6 is 0 Å². The number of unbranched alkanes of at least 4 members (excludes halogenated alkanes) is 11. The van der Waals surface area contributed by atoms with Gasteiger partial charge in [-0.2, -0.15) is 0 Å². The Balaban J connectivity index is 3.21. The number of allylic oxidation sites excluding steroid dienone is 5. The van der Waals surface area contributed by atoms with Gasteiger partial charge < -0.3 is 5.11 Å². The van der Waals surface area contributed by atoms with E-state index in [1.54, 1.807) is 6.08 Å². The van der Waals surface area contributed by atoms with Gasteiger partial charge in [-0.05, 0) is 12.8 Å². The number of hydrogen-bond donors (Lipinski definition) is 1. The van der Waals surface area contributed by atoms with E-state index in [1.165, 1.54) is 76.7 Å². The maximum atomic E-state index is 10.2. The van der Waals surface area contributed by atoms with E-state index in [0.29, 0.717) is 0 Å². The second-order valence-electron chi connectivity index (χ2n) is 5.83. The van der Waals surface area contributed by atoms with Crippen LogP contribution in [0.15, 0.2) is 36.5 Å². The Morgan fingerprint density at radius 2 is 1.23 bits per heavy atom. The molecule has 1 N–H and O–H groups in total. The molecule has 0 aromatic heterocycles. The predicted octanol–water partition coefficient (Wildman–Crippen LogP) is 6.44. The Kier molecular flexibility index (Phi) is 16.7. The van der Waals surface area contributed by atoms with E-state index in [1.807, 2.05) is 12.2 Å². The van der Waals surface area contributed by atoms with Crippen LogP contribution in [0, 0.1) is 0 Å². The van der Waals surface area contributed by atoms with Gasteiger partial charge in [-0.25, -0.2) is 4.79 Å². The number of carbonyl (C=O) groups is 1.